The molecule has 88 valence electrons. The van der Waals surface area contributed by atoms with Gasteiger partial charge in [0.15, 0.2) is 5.82 Å². The highest BCUT2D eigenvalue weighted by Crippen LogP contribution is 2.40. The third-order valence-corrected chi connectivity index (χ3v) is 3.31. The van der Waals surface area contributed by atoms with Crippen molar-refractivity contribution in [2.75, 3.05) is 5.73 Å². The van der Waals surface area contributed by atoms with Gasteiger partial charge in [-0.25, -0.2) is 0 Å². The highest BCUT2D eigenvalue weighted by molar-refractivity contribution is 5.75. The van der Waals surface area contributed by atoms with Crippen LogP contribution >= 0.6 is 0 Å². The summed E-state index contributed by atoms with van der Waals surface area (Å²) >= 11 is 0. The molecule has 1 aromatic carbocycles. The molecule has 0 amide bonds. The fourth-order valence-electron chi connectivity index (χ4n) is 2.31. The van der Waals surface area contributed by atoms with Gasteiger partial charge in [0, 0.05) is 17.3 Å². The minimum Gasteiger partial charge on any atom is -0.398 e. The summed E-state index contributed by atoms with van der Waals surface area (Å²) in [5.41, 5.74) is 9.03. The molecule has 4 heteroatoms. The van der Waals surface area contributed by atoms with Crippen LogP contribution in [0, 0.1) is 13.8 Å². The number of rotatable bonds is 2. The van der Waals surface area contributed by atoms with Crippen LogP contribution in [0.3, 0.4) is 0 Å². The van der Waals surface area contributed by atoms with E-state index in [1.807, 2.05) is 19.1 Å². The molecule has 0 atom stereocenters. The molecule has 1 fully saturated rings. The first kappa shape index (κ1) is 10.3. The molecule has 1 aliphatic carbocycles. The van der Waals surface area contributed by atoms with E-state index in [1.165, 1.54) is 12.8 Å². The van der Waals surface area contributed by atoms with Gasteiger partial charge in [0.1, 0.15) is 5.82 Å². The molecule has 2 N–H and O–H groups in total. The first-order chi connectivity index (χ1) is 8.18. The number of aryl methyl sites for hydroxylation is 2. The SMILES string of the molecule is Cc1cccc(N)c1-c1nnc(C)n1C1CC1. The molecule has 3 rings (SSSR count). The van der Waals surface area contributed by atoms with Gasteiger partial charge < -0.3 is 10.3 Å². The Kier molecular flexibility index (Phi) is 2.18. The second-order valence-electron chi connectivity index (χ2n) is 4.71. The fraction of sp³-hybridized carbons (Fsp3) is 0.385. The minimum absolute atomic E-state index is 0.569. The standard InChI is InChI=1S/C13H16N4/c1-8-4-3-5-11(14)12(8)13-16-15-9(2)17(13)10-6-7-10/h3-5,10H,6-7,14H2,1-2H3. The minimum atomic E-state index is 0.569. The van der Waals surface area contributed by atoms with Crippen LogP contribution in [0.25, 0.3) is 11.4 Å². The lowest BCUT2D eigenvalue weighted by atomic mass is 10.1. The van der Waals surface area contributed by atoms with Crippen molar-refractivity contribution in [1.29, 1.82) is 0 Å². The van der Waals surface area contributed by atoms with Gasteiger partial charge in [-0.1, -0.05) is 12.1 Å². The lowest BCUT2D eigenvalue weighted by Crippen LogP contribution is -2.03. The molecule has 1 heterocycles. The zero-order valence-electron chi connectivity index (χ0n) is 10.1. The van der Waals surface area contributed by atoms with Gasteiger partial charge >= 0.3 is 0 Å². The van der Waals surface area contributed by atoms with Gasteiger partial charge in [-0.2, -0.15) is 0 Å². The molecule has 0 radical (unpaired) electrons. The number of anilines is 1. The van der Waals surface area contributed by atoms with Crippen LogP contribution in [-0.2, 0) is 0 Å². The second kappa shape index (κ2) is 3.58. The Morgan fingerprint density at radius 2 is 2.00 bits per heavy atom. The van der Waals surface area contributed by atoms with Crippen LogP contribution in [0.4, 0.5) is 5.69 Å². The Morgan fingerprint density at radius 3 is 2.65 bits per heavy atom. The highest BCUT2D eigenvalue weighted by Gasteiger charge is 2.29. The fourth-order valence-corrected chi connectivity index (χ4v) is 2.31. The van der Waals surface area contributed by atoms with Crippen molar-refractivity contribution in [2.45, 2.75) is 32.7 Å². The first-order valence-electron chi connectivity index (χ1n) is 5.95. The van der Waals surface area contributed by atoms with Crippen LogP contribution in [0.2, 0.25) is 0 Å². The average molecular weight is 228 g/mol. The maximum atomic E-state index is 6.07. The van der Waals surface area contributed by atoms with Crippen LogP contribution in [0.15, 0.2) is 18.2 Å². The third kappa shape index (κ3) is 1.60. The van der Waals surface area contributed by atoms with Gasteiger partial charge in [0.05, 0.1) is 0 Å². The number of hydrogen-bond donors (Lipinski definition) is 1. The summed E-state index contributed by atoms with van der Waals surface area (Å²) in [6.45, 7) is 4.07. The van der Waals surface area contributed by atoms with E-state index < -0.39 is 0 Å². The van der Waals surface area contributed by atoms with Crippen molar-refractivity contribution in [3.8, 4) is 11.4 Å². The second-order valence-corrected chi connectivity index (χ2v) is 4.71. The summed E-state index contributed by atoms with van der Waals surface area (Å²) < 4.78 is 2.22. The topological polar surface area (TPSA) is 56.7 Å². The first-order valence-corrected chi connectivity index (χ1v) is 5.95. The molecule has 2 aromatic rings. The Bertz CT molecular complexity index is 547. The normalized spacial score (nSPS) is 15.2. The molecular weight excluding hydrogens is 212 g/mol. The van der Waals surface area contributed by atoms with Crippen LogP contribution in [0.1, 0.15) is 30.3 Å². The summed E-state index contributed by atoms with van der Waals surface area (Å²) in [6.07, 6.45) is 2.44. The molecule has 1 saturated carbocycles. The molecule has 0 bridgehead atoms. The number of nitrogens with zero attached hydrogens (tertiary/aromatic N) is 3. The van der Waals surface area contributed by atoms with Crippen molar-refractivity contribution < 1.29 is 0 Å². The molecule has 0 aliphatic heterocycles. The molecule has 17 heavy (non-hydrogen) atoms. The lowest BCUT2D eigenvalue weighted by Gasteiger charge is -2.11. The molecular formula is C13H16N4. The average Bonchev–Trinajstić information content (AvgIpc) is 3.04. The number of nitrogens with two attached hydrogens (primary N) is 1. The van der Waals surface area contributed by atoms with Gasteiger partial charge in [0.25, 0.3) is 0 Å². The van der Waals surface area contributed by atoms with E-state index in [0.717, 1.165) is 28.5 Å². The summed E-state index contributed by atoms with van der Waals surface area (Å²) in [6, 6.07) is 6.52. The number of aromatic nitrogens is 3. The van der Waals surface area contributed by atoms with Crippen molar-refractivity contribution in [3.05, 3.63) is 29.6 Å². The Hall–Kier alpha value is -1.84. The zero-order chi connectivity index (χ0) is 12.0. The van der Waals surface area contributed by atoms with Gasteiger partial charge in [-0.3, -0.25) is 0 Å². The summed E-state index contributed by atoms with van der Waals surface area (Å²) in [7, 11) is 0. The largest absolute Gasteiger partial charge is 0.398 e. The third-order valence-electron chi connectivity index (χ3n) is 3.31. The van der Waals surface area contributed by atoms with Crippen molar-refractivity contribution >= 4 is 5.69 Å². The Morgan fingerprint density at radius 1 is 1.24 bits per heavy atom. The molecule has 0 unspecified atom stereocenters. The van der Waals surface area contributed by atoms with E-state index in [0.29, 0.717) is 6.04 Å². The number of hydrogen-bond acceptors (Lipinski definition) is 3. The predicted molar refractivity (Wildman–Crippen MR) is 67.6 cm³/mol. The van der Waals surface area contributed by atoms with Crippen molar-refractivity contribution in [3.63, 3.8) is 0 Å². The summed E-state index contributed by atoms with van der Waals surface area (Å²) in [5, 5.41) is 8.50. The molecule has 0 spiro atoms. The van der Waals surface area contributed by atoms with Crippen LogP contribution in [-0.4, -0.2) is 14.8 Å². The highest BCUT2D eigenvalue weighted by atomic mass is 15.3. The van der Waals surface area contributed by atoms with E-state index in [9.17, 15) is 0 Å². The van der Waals surface area contributed by atoms with E-state index >= 15 is 0 Å². The maximum Gasteiger partial charge on any atom is 0.166 e. The van der Waals surface area contributed by atoms with Crippen LogP contribution in [0.5, 0.6) is 0 Å². The Labute approximate surface area is 100 Å². The Balaban J connectivity index is 2.21. The van der Waals surface area contributed by atoms with Gasteiger partial charge in [0.2, 0.25) is 0 Å². The quantitative estimate of drug-likeness (QED) is 0.803. The summed E-state index contributed by atoms with van der Waals surface area (Å²) in [4.78, 5) is 0. The molecule has 1 aromatic heterocycles. The van der Waals surface area contributed by atoms with E-state index in [1.54, 1.807) is 0 Å². The lowest BCUT2D eigenvalue weighted by molar-refractivity contribution is 0.717. The zero-order valence-corrected chi connectivity index (χ0v) is 10.1. The van der Waals surface area contributed by atoms with Gasteiger partial charge in [-0.05, 0) is 38.3 Å². The maximum absolute atomic E-state index is 6.07. The monoisotopic (exact) mass is 228 g/mol. The predicted octanol–water partition coefficient (Wildman–Crippen LogP) is 2.48. The van der Waals surface area contributed by atoms with E-state index in [-0.39, 0.29) is 0 Å². The number of benzene rings is 1. The van der Waals surface area contributed by atoms with Crippen LogP contribution < -0.4 is 5.73 Å². The molecule has 0 saturated heterocycles. The van der Waals surface area contributed by atoms with E-state index in [2.05, 4.69) is 27.8 Å². The molecule has 4 nitrogen and oxygen atoms in total. The van der Waals surface area contributed by atoms with E-state index in [4.69, 9.17) is 5.73 Å². The van der Waals surface area contributed by atoms with Crippen molar-refractivity contribution in [1.82, 2.24) is 14.8 Å². The van der Waals surface area contributed by atoms with Crippen molar-refractivity contribution in [2.24, 2.45) is 0 Å². The molecule has 1 aliphatic rings. The number of nitrogen functional groups attached to an aromatic ring is 1. The van der Waals surface area contributed by atoms with Gasteiger partial charge in [-0.15, -0.1) is 10.2 Å². The smallest absolute Gasteiger partial charge is 0.166 e. The summed E-state index contributed by atoms with van der Waals surface area (Å²) in [5.74, 6) is 1.89.